The summed E-state index contributed by atoms with van der Waals surface area (Å²) in [5, 5.41) is 3.73. The molecule has 0 bridgehead atoms. The van der Waals surface area contributed by atoms with Gasteiger partial charge in [0.15, 0.2) is 0 Å². The molecular formula is C20H23BrClN3O. The van der Waals surface area contributed by atoms with Gasteiger partial charge in [-0.25, -0.2) is 0 Å². The number of anilines is 2. The van der Waals surface area contributed by atoms with E-state index in [0.29, 0.717) is 6.42 Å². The van der Waals surface area contributed by atoms with E-state index in [1.807, 2.05) is 37.3 Å². The number of hydrogen-bond donors (Lipinski definition) is 1. The molecule has 6 heteroatoms. The lowest BCUT2D eigenvalue weighted by Gasteiger charge is -2.36. The Morgan fingerprint density at radius 2 is 1.81 bits per heavy atom. The first-order valence-electron chi connectivity index (χ1n) is 8.80. The summed E-state index contributed by atoms with van der Waals surface area (Å²) in [5.41, 5.74) is 3.19. The van der Waals surface area contributed by atoms with Crippen LogP contribution in [-0.4, -0.2) is 43.5 Å². The summed E-state index contributed by atoms with van der Waals surface area (Å²) < 4.78 is 1.01. The second-order valence-electron chi connectivity index (χ2n) is 6.57. The van der Waals surface area contributed by atoms with Crippen LogP contribution >= 0.6 is 27.5 Å². The van der Waals surface area contributed by atoms with E-state index in [0.717, 1.165) is 53.5 Å². The predicted molar refractivity (Wildman–Crippen MR) is 112 cm³/mol. The minimum absolute atomic E-state index is 0.0564. The Labute approximate surface area is 168 Å². The number of amides is 1. The van der Waals surface area contributed by atoms with Crippen LogP contribution < -0.4 is 10.2 Å². The van der Waals surface area contributed by atoms with Gasteiger partial charge >= 0.3 is 0 Å². The maximum Gasteiger partial charge on any atom is 0.225 e. The van der Waals surface area contributed by atoms with Crippen LogP contribution in [0.1, 0.15) is 12.0 Å². The summed E-state index contributed by atoms with van der Waals surface area (Å²) >= 11 is 9.45. The van der Waals surface area contributed by atoms with E-state index < -0.39 is 0 Å². The number of halogens is 2. The van der Waals surface area contributed by atoms with E-state index in [4.69, 9.17) is 11.6 Å². The highest BCUT2D eigenvalue weighted by atomic mass is 79.9. The lowest BCUT2D eigenvalue weighted by atomic mass is 10.2. The molecular weight excluding hydrogens is 414 g/mol. The van der Waals surface area contributed by atoms with Crippen LogP contribution in [0.4, 0.5) is 11.4 Å². The van der Waals surface area contributed by atoms with E-state index in [1.54, 1.807) is 0 Å². The van der Waals surface area contributed by atoms with Crippen LogP contribution in [0.5, 0.6) is 0 Å². The van der Waals surface area contributed by atoms with E-state index in [2.05, 4.69) is 43.2 Å². The Morgan fingerprint density at radius 1 is 1.12 bits per heavy atom. The topological polar surface area (TPSA) is 35.6 Å². The van der Waals surface area contributed by atoms with Crippen molar-refractivity contribution in [3.63, 3.8) is 0 Å². The van der Waals surface area contributed by atoms with Gasteiger partial charge in [-0.15, -0.1) is 0 Å². The molecule has 4 nitrogen and oxygen atoms in total. The van der Waals surface area contributed by atoms with Crippen LogP contribution in [0.15, 0.2) is 46.9 Å². The van der Waals surface area contributed by atoms with Crippen LogP contribution in [0.2, 0.25) is 5.02 Å². The molecule has 26 heavy (non-hydrogen) atoms. The highest BCUT2D eigenvalue weighted by Gasteiger charge is 2.17. The Kier molecular flexibility index (Phi) is 6.57. The van der Waals surface area contributed by atoms with Crippen molar-refractivity contribution < 1.29 is 4.79 Å². The summed E-state index contributed by atoms with van der Waals surface area (Å²) in [6.45, 7) is 6.67. The van der Waals surface area contributed by atoms with Gasteiger partial charge in [-0.2, -0.15) is 0 Å². The molecule has 1 aliphatic rings. The second kappa shape index (κ2) is 8.89. The number of nitrogens with one attached hydrogen (secondary N) is 1. The Balaban J connectivity index is 1.42. The van der Waals surface area contributed by atoms with Crippen LogP contribution in [0.25, 0.3) is 0 Å². The molecule has 1 fully saturated rings. The smallest absolute Gasteiger partial charge is 0.225 e. The third-order valence-electron chi connectivity index (χ3n) is 4.67. The van der Waals surface area contributed by atoms with Crippen molar-refractivity contribution >= 4 is 44.8 Å². The maximum atomic E-state index is 12.2. The van der Waals surface area contributed by atoms with Gasteiger partial charge in [0.05, 0.1) is 0 Å². The average molecular weight is 437 g/mol. The standard InChI is InChI=1S/C20H23BrClN3O/c1-15-2-5-17(14-19(15)21)23-20(26)8-9-24-10-12-25(13-11-24)18-6-3-16(22)4-7-18/h2-7,14H,8-13H2,1H3,(H,23,26). The molecule has 1 amide bonds. The van der Waals surface area contributed by atoms with Gasteiger partial charge in [-0.3, -0.25) is 9.69 Å². The van der Waals surface area contributed by atoms with Gasteiger partial charge in [-0.1, -0.05) is 33.6 Å². The maximum absolute atomic E-state index is 12.2. The highest BCUT2D eigenvalue weighted by molar-refractivity contribution is 9.10. The molecule has 0 unspecified atom stereocenters. The SMILES string of the molecule is Cc1ccc(NC(=O)CCN2CCN(c3ccc(Cl)cc3)CC2)cc1Br. The predicted octanol–water partition coefficient (Wildman–Crippen LogP) is 4.56. The van der Waals surface area contributed by atoms with Crippen molar-refractivity contribution in [2.45, 2.75) is 13.3 Å². The van der Waals surface area contributed by atoms with Gasteiger partial charge in [0, 0.05) is 60.0 Å². The summed E-state index contributed by atoms with van der Waals surface area (Å²) in [7, 11) is 0. The fourth-order valence-corrected chi connectivity index (χ4v) is 3.54. The summed E-state index contributed by atoms with van der Waals surface area (Å²) in [5.74, 6) is 0.0564. The molecule has 0 atom stereocenters. The zero-order chi connectivity index (χ0) is 18.5. The minimum atomic E-state index is 0.0564. The first-order valence-corrected chi connectivity index (χ1v) is 9.97. The largest absolute Gasteiger partial charge is 0.369 e. The normalized spacial score (nSPS) is 15.1. The van der Waals surface area contributed by atoms with Gasteiger partial charge in [0.1, 0.15) is 0 Å². The molecule has 1 N–H and O–H groups in total. The van der Waals surface area contributed by atoms with Crippen molar-refractivity contribution in [2.75, 3.05) is 42.9 Å². The van der Waals surface area contributed by atoms with E-state index in [1.165, 1.54) is 5.69 Å². The van der Waals surface area contributed by atoms with E-state index in [9.17, 15) is 4.79 Å². The molecule has 2 aromatic carbocycles. The molecule has 0 spiro atoms. The Hall–Kier alpha value is -1.56. The molecule has 0 aliphatic carbocycles. The third kappa shape index (κ3) is 5.22. The van der Waals surface area contributed by atoms with Gasteiger partial charge in [0.25, 0.3) is 0 Å². The fourth-order valence-electron chi connectivity index (χ4n) is 3.04. The highest BCUT2D eigenvalue weighted by Crippen LogP contribution is 2.21. The van der Waals surface area contributed by atoms with Crippen LogP contribution in [0, 0.1) is 6.92 Å². The van der Waals surface area contributed by atoms with Gasteiger partial charge < -0.3 is 10.2 Å². The first-order chi connectivity index (χ1) is 12.5. The van der Waals surface area contributed by atoms with Gasteiger partial charge in [-0.05, 0) is 48.9 Å². The zero-order valence-electron chi connectivity index (χ0n) is 14.8. The first kappa shape index (κ1) is 19.2. The van der Waals surface area contributed by atoms with Crippen LogP contribution in [-0.2, 0) is 4.79 Å². The number of carbonyl (C=O) groups is 1. The molecule has 1 saturated heterocycles. The summed E-state index contributed by atoms with van der Waals surface area (Å²) in [6.07, 6.45) is 0.506. The number of piperazine rings is 1. The number of rotatable bonds is 5. The molecule has 0 aromatic heterocycles. The zero-order valence-corrected chi connectivity index (χ0v) is 17.2. The van der Waals surface area contributed by atoms with E-state index >= 15 is 0 Å². The van der Waals surface area contributed by atoms with Crippen molar-refractivity contribution in [3.8, 4) is 0 Å². The number of nitrogens with zero attached hydrogens (tertiary/aromatic N) is 2. The Bertz CT molecular complexity index is 758. The molecule has 0 saturated carbocycles. The summed E-state index contributed by atoms with van der Waals surface area (Å²) in [4.78, 5) is 16.9. The molecule has 138 valence electrons. The Morgan fingerprint density at radius 3 is 2.46 bits per heavy atom. The van der Waals surface area contributed by atoms with Gasteiger partial charge in [0.2, 0.25) is 5.91 Å². The van der Waals surface area contributed by atoms with Crippen molar-refractivity contribution in [3.05, 3.63) is 57.5 Å². The van der Waals surface area contributed by atoms with E-state index in [-0.39, 0.29) is 5.91 Å². The number of carbonyl (C=O) groups excluding carboxylic acids is 1. The monoisotopic (exact) mass is 435 g/mol. The average Bonchev–Trinajstić information content (AvgIpc) is 2.64. The molecule has 1 aliphatic heterocycles. The minimum Gasteiger partial charge on any atom is -0.369 e. The number of benzene rings is 2. The fraction of sp³-hybridized carbons (Fsp3) is 0.350. The van der Waals surface area contributed by atoms with Crippen molar-refractivity contribution in [2.24, 2.45) is 0 Å². The summed E-state index contributed by atoms with van der Waals surface area (Å²) in [6, 6.07) is 13.8. The number of hydrogen-bond acceptors (Lipinski definition) is 3. The molecule has 1 heterocycles. The number of aryl methyl sites for hydroxylation is 1. The van der Waals surface area contributed by atoms with Crippen LogP contribution in [0.3, 0.4) is 0 Å². The lowest BCUT2D eigenvalue weighted by Crippen LogP contribution is -2.47. The molecule has 0 radical (unpaired) electrons. The lowest BCUT2D eigenvalue weighted by molar-refractivity contribution is -0.116. The van der Waals surface area contributed by atoms with Crippen molar-refractivity contribution in [1.29, 1.82) is 0 Å². The quantitative estimate of drug-likeness (QED) is 0.746. The molecule has 2 aromatic rings. The molecule has 3 rings (SSSR count). The van der Waals surface area contributed by atoms with Crippen molar-refractivity contribution in [1.82, 2.24) is 4.90 Å². The second-order valence-corrected chi connectivity index (χ2v) is 7.86. The third-order valence-corrected chi connectivity index (χ3v) is 5.78.